The summed E-state index contributed by atoms with van der Waals surface area (Å²) < 4.78 is 30.0. The quantitative estimate of drug-likeness (QED) is 0.684. The summed E-state index contributed by atoms with van der Waals surface area (Å²) in [6.07, 6.45) is 2.15. The summed E-state index contributed by atoms with van der Waals surface area (Å²) >= 11 is 0. The summed E-state index contributed by atoms with van der Waals surface area (Å²) in [7, 11) is -1.96. The smallest absolute Gasteiger partial charge is 0.223 e. The molecule has 1 aliphatic heterocycles. The van der Waals surface area contributed by atoms with E-state index in [9.17, 15) is 18.0 Å². The standard InChI is InChI=1S/C18H26N2O5S/c1-14(21)20-10-3-5-15-13-16(6-7-17(15)20)26(23,24)12-8-18(22)19-9-4-11-25-2/h6-7,13H,3-5,8-12H2,1-2H3,(H,19,22). The van der Waals surface area contributed by atoms with Gasteiger partial charge in [-0.15, -0.1) is 0 Å². The molecule has 0 bridgehead atoms. The van der Waals surface area contributed by atoms with Gasteiger partial charge in [0.2, 0.25) is 11.8 Å². The Morgan fingerprint density at radius 1 is 1.31 bits per heavy atom. The molecule has 2 amide bonds. The maximum absolute atomic E-state index is 12.5. The summed E-state index contributed by atoms with van der Waals surface area (Å²) in [5, 5.41) is 2.68. The van der Waals surface area contributed by atoms with Crippen LogP contribution in [0.1, 0.15) is 31.7 Å². The van der Waals surface area contributed by atoms with Crippen molar-refractivity contribution in [3.8, 4) is 0 Å². The summed E-state index contributed by atoms with van der Waals surface area (Å²) in [4.78, 5) is 25.3. The van der Waals surface area contributed by atoms with Crippen LogP contribution in [-0.4, -0.2) is 52.8 Å². The van der Waals surface area contributed by atoms with E-state index in [1.165, 1.54) is 13.0 Å². The van der Waals surface area contributed by atoms with Crippen LogP contribution in [0.3, 0.4) is 0 Å². The van der Waals surface area contributed by atoms with E-state index in [1.54, 1.807) is 24.1 Å². The fraction of sp³-hybridized carbons (Fsp3) is 0.556. The number of hydrogen-bond acceptors (Lipinski definition) is 5. The maximum Gasteiger partial charge on any atom is 0.223 e. The number of carbonyl (C=O) groups is 2. The van der Waals surface area contributed by atoms with E-state index < -0.39 is 9.84 Å². The maximum atomic E-state index is 12.5. The Morgan fingerprint density at radius 2 is 2.08 bits per heavy atom. The number of rotatable bonds is 8. The van der Waals surface area contributed by atoms with Crippen molar-refractivity contribution in [1.29, 1.82) is 0 Å². The average molecular weight is 382 g/mol. The van der Waals surface area contributed by atoms with Gasteiger partial charge in [-0.1, -0.05) is 0 Å². The molecule has 7 nitrogen and oxygen atoms in total. The molecule has 0 fully saturated rings. The zero-order chi connectivity index (χ0) is 19.2. The second-order valence-electron chi connectivity index (χ2n) is 6.33. The Balaban J connectivity index is 2.01. The zero-order valence-corrected chi connectivity index (χ0v) is 16.1. The molecule has 0 atom stereocenters. The average Bonchev–Trinajstić information content (AvgIpc) is 2.62. The first kappa shape index (κ1) is 20.4. The number of fused-ring (bicyclic) bond motifs is 1. The fourth-order valence-corrected chi connectivity index (χ4v) is 4.26. The van der Waals surface area contributed by atoms with Crippen molar-refractivity contribution in [2.45, 2.75) is 37.5 Å². The van der Waals surface area contributed by atoms with Gasteiger partial charge < -0.3 is 15.0 Å². The van der Waals surface area contributed by atoms with Crippen molar-refractivity contribution in [3.63, 3.8) is 0 Å². The number of benzene rings is 1. The molecule has 0 spiro atoms. The first-order valence-electron chi connectivity index (χ1n) is 8.74. The van der Waals surface area contributed by atoms with E-state index in [4.69, 9.17) is 4.74 Å². The Morgan fingerprint density at radius 3 is 2.77 bits per heavy atom. The van der Waals surface area contributed by atoms with Gasteiger partial charge >= 0.3 is 0 Å². The molecule has 0 saturated carbocycles. The summed E-state index contributed by atoms with van der Waals surface area (Å²) in [5.41, 5.74) is 1.63. The van der Waals surface area contributed by atoms with Crippen molar-refractivity contribution < 1.29 is 22.7 Å². The summed E-state index contributed by atoms with van der Waals surface area (Å²) in [6, 6.07) is 4.84. The van der Waals surface area contributed by atoms with Gasteiger partial charge in [-0.05, 0) is 43.0 Å². The molecule has 1 heterocycles. The molecule has 0 aromatic heterocycles. The van der Waals surface area contributed by atoms with Crippen LogP contribution in [-0.2, 0) is 30.6 Å². The minimum Gasteiger partial charge on any atom is -0.385 e. The van der Waals surface area contributed by atoms with Gasteiger partial charge in [0.15, 0.2) is 9.84 Å². The van der Waals surface area contributed by atoms with Crippen LogP contribution in [0.25, 0.3) is 0 Å². The molecule has 0 saturated heterocycles. The number of methoxy groups -OCH3 is 1. The third kappa shape index (κ3) is 5.28. The van der Waals surface area contributed by atoms with Gasteiger partial charge in [-0.25, -0.2) is 8.42 Å². The zero-order valence-electron chi connectivity index (χ0n) is 15.3. The molecular formula is C18H26N2O5S. The molecule has 144 valence electrons. The lowest BCUT2D eigenvalue weighted by molar-refractivity contribution is -0.120. The second-order valence-corrected chi connectivity index (χ2v) is 8.44. The van der Waals surface area contributed by atoms with Crippen molar-refractivity contribution in [2.24, 2.45) is 0 Å². The van der Waals surface area contributed by atoms with Gasteiger partial charge in [0, 0.05) is 45.8 Å². The molecule has 0 aliphatic carbocycles. The number of nitrogens with zero attached hydrogens (tertiary/aromatic N) is 1. The van der Waals surface area contributed by atoms with E-state index in [-0.39, 0.29) is 28.9 Å². The SMILES string of the molecule is COCCCNC(=O)CCS(=O)(=O)c1ccc2c(c1)CCCN2C(C)=O. The number of aryl methyl sites for hydroxylation is 1. The van der Waals surface area contributed by atoms with Crippen molar-refractivity contribution >= 4 is 27.3 Å². The summed E-state index contributed by atoms with van der Waals surface area (Å²) in [5.74, 6) is -0.574. The van der Waals surface area contributed by atoms with Gasteiger partial charge in [-0.2, -0.15) is 0 Å². The van der Waals surface area contributed by atoms with Crippen LogP contribution >= 0.6 is 0 Å². The van der Waals surface area contributed by atoms with E-state index in [2.05, 4.69) is 5.32 Å². The lowest BCUT2D eigenvalue weighted by atomic mass is 10.0. The topological polar surface area (TPSA) is 92.8 Å². The van der Waals surface area contributed by atoms with Gasteiger partial charge in [0.25, 0.3) is 0 Å². The van der Waals surface area contributed by atoms with Crippen LogP contribution < -0.4 is 10.2 Å². The third-order valence-electron chi connectivity index (χ3n) is 4.35. The number of hydrogen-bond donors (Lipinski definition) is 1. The van der Waals surface area contributed by atoms with Crippen LogP contribution in [0, 0.1) is 0 Å². The normalized spacial score (nSPS) is 14.0. The Bertz CT molecular complexity index is 761. The molecule has 1 N–H and O–H groups in total. The highest BCUT2D eigenvalue weighted by Gasteiger charge is 2.23. The highest BCUT2D eigenvalue weighted by Crippen LogP contribution is 2.29. The number of amides is 2. The largest absolute Gasteiger partial charge is 0.385 e. The van der Waals surface area contributed by atoms with Gasteiger partial charge in [-0.3, -0.25) is 9.59 Å². The van der Waals surface area contributed by atoms with Crippen molar-refractivity contribution in [1.82, 2.24) is 5.32 Å². The molecule has 8 heteroatoms. The lowest BCUT2D eigenvalue weighted by Crippen LogP contribution is -2.33. The van der Waals surface area contributed by atoms with E-state index in [0.29, 0.717) is 26.1 Å². The van der Waals surface area contributed by atoms with Crippen LogP contribution in [0.2, 0.25) is 0 Å². The number of ether oxygens (including phenoxy) is 1. The van der Waals surface area contributed by atoms with Crippen LogP contribution in [0.5, 0.6) is 0 Å². The van der Waals surface area contributed by atoms with E-state index in [1.807, 2.05) is 0 Å². The second kappa shape index (κ2) is 9.14. The predicted molar refractivity (Wildman–Crippen MR) is 99.0 cm³/mol. The molecule has 1 aliphatic rings. The minimum atomic E-state index is -3.55. The van der Waals surface area contributed by atoms with E-state index >= 15 is 0 Å². The minimum absolute atomic E-state index is 0.0494. The highest BCUT2D eigenvalue weighted by molar-refractivity contribution is 7.91. The first-order chi connectivity index (χ1) is 12.3. The molecule has 0 radical (unpaired) electrons. The molecule has 1 aromatic rings. The number of anilines is 1. The summed E-state index contributed by atoms with van der Waals surface area (Å²) in [6.45, 7) is 3.17. The fourth-order valence-electron chi connectivity index (χ4n) is 2.97. The molecule has 0 unspecified atom stereocenters. The van der Waals surface area contributed by atoms with E-state index in [0.717, 1.165) is 24.1 Å². The van der Waals surface area contributed by atoms with Gasteiger partial charge in [0.05, 0.1) is 10.6 Å². The predicted octanol–water partition coefficient (Wildman–Crippen LogP) is 1.30. The highest BCUT2D eigenvalue weighted by atomic mass is 32.2. The number of nitrogens with one attached hydrogen (secondary N) is 1. The Hall–Kier alpha value is -1.93. The van der Waals surface area contributed by atoms with Crippen LogP contribution in [0.15, 0.2) is 23.1 Å². The monoisotopic (exact) mass is 382 g/mol. The Kier molecular flexibility index (Phi) is 7.16. The first-order valence-corrected chi connectivity index (χ1v) is 10.4. The molecule has 26 heavy (non-hydrogen) atoms. The number of carbonyl (C=O) groups excluding carboxylic acids is 2. The molecular weight excluding hydrogens is 356 g/mol. The van der Waals surface area contributed by atoms with Crippen LogP contribution in [0.4, 0.5) is 5.69 Å². The van der Waals surface area contributed by atoms with Gasteiger partial charge in [0.1, 0.15) is 0 Å². The van der Waals surface area contributed by atoms with Crippen molar-refractivity contribution in [2.75, 3.05) is 37.5 Å². The molecule has 2 rings (SSSR count). The van der Waals surface area contributed by atoms with Crippen molar-refractivity contribution in [3.05, 3.63) is 23.8 Å². The third-order valence-corrected chi connectivity index (χ3v) is 6.07. The molecule has 1 aromatic carbocycles. The lowest BCUT2D eigenvalue weighted by Gasteiger charge is -2.28. The Labute approximate surface area is 154 Å². The number of sulfone groups is 1.